The van der Waals surface area contributed by atoms with Crippen molar-refractivity contribution in [1.82, 2.24) is 4.98 Å². The summed E-state index contributed by atoms with van der Waals surface area (Å²) in [6.07, 6.45) is -2.51. The van der Waals surface area contributed by atoms with Gasteiger partial charge in [-0.05, 0) is 29.8 Å². The number of ether oxygens (including phenoxy) is 7. The molecule has 1 fully saturated rings. The first kappa shape index (κ1) is 32.7. The lowest BCUT2D eigenvalue weighted by Gasteiger charge is -2.39. The molecule has 0 aliphatic carbocycles. The number of nitrogens with zero attached hydrogens (tertiary/aromatic N) is 1. The van der Waals surface area contributed by atoms with Crippen LogP contribution < -0.4 is 15.2 Å². The number of hydrogen-bond donors (Lipinski definition) is 1. The third-order valence-corrected chi connectivity index (χ3v) is 6.50. The molecule has 4 rings (SSSR count). The highest BCUT2D eigenvalue weighted by Crippen LogP contribution is 2.32. The molecule has 2 aromatic carbocycles. The molecule has 1 aliphatic heterocycles. The van der Waals surface area contributed by atoms with Crippen LogP contribution >= 0.6 is 0 Å². The van der Waals surface area contributed by atoms with Crippen molar-refractivity contribution in [3.63, 3.8) is 0 Å². The molecule has 0 radical (unpaired) electrons. The third kappa shape index (κ3) is 8.92. The Bertz CT molecular complexity index is 1570. The van der Waals surface area contributed by atoms with Crippen molar-refractivity contribution in [2.24, 2.45) is 0 Å². The smallest absolute Gasteiger partial charge is 0.361 e. The van der Waals surface area contributed by atoms with Crippen molar-refractivity contribution >= 4 is 40.5 Å². The van der Waals surface area contributed by atoms with Gasteiger partial charge in [0.2, 0.25) is 6.29 Å². The molecule has 45 heavy (non-hydrogen) atoms. The number of benzene rings is 2. The minimum Gasteiger partial charge on any atom is -0.486 e. The van der Waals surface area contributed by atoms with Crippen LogP contribution in [0.2, 0.25) is 0 Å². The van der Waals surface area contributed by atoms with Crippen molar-refractivity contribution in [1.29, 1.82) is 0 Å². The van der Waals surface area contributed by atoms with E-state index in [2.05, 4.69) is 11.6 Å². The molecular weight excluding hydrogens is 588 g/mol. The van der Waals surface area contributed by atoms with Crippen molar-refractivity contribution < 1.29 is 52.3 Å². The summed E-state index contributed by atoms with van der Waals surface area (Å²) < 4.78 is 39.0. The average molecular weight is 623 g/mol. The van der Waals surface area contributed by atoms with E-state index in [4.69, 9.17) is 38.9 Å². The fourth-order valence-electron chi connectivity index (χ4n) is 4.63. The highest BCUT2D eigenvalue weighted by Gasteiger charge is 2.44. The first-order valence-corrected chi connectivity index (χ1v) is 14.0. The maximum absolute atomic E-state index is 12.7. The van der Waals surface area contributed by atoms with Crippen molar-refractivity contribution in [2.45, 2.75) is 58.4 Å². The van der Waals surface area contributed by atoms with Gasteiger partial charge >= 0.3 is 23.9 Å². The van der Waals surface area contributed by atoms with Crippen LogP contribution in [-0.2, 0) is 44.7 Å². The van der Waals surface area contributed by atoms with Gasteiger partial charge < -0.3 is 38.9 Å². The van der Waals surface area contributed by atoms with Gasteiger partial charge in [0.05, 0.1) is 17.6 Å². The number of nitrogen functional groups attached to an aromatic ring is 1. The number of carbonyl (C=O) groups excluding carboxylic acids is 4. The molecule has 0 spiro atoms. The van der Waals surface area contributed by atoms with Gasteiger partial charge in [-0.15, -0.1) is 0 Å². The summed E-state index contributed by atoms with van der Waals surface area (Å²) in [5.74, 6) is -1.98. The number of hydrogen-bond acceptors (Lipinski definition) is 13. The zero-order valence-corrected chi connectivity index (χ0v) is 25.1. The zero-order chi connectivity index (χ0) is 32.5. The summed E-state index contributed by atoms with van der Waals surface area (Å²) in [7, 11) is 0. The van der Waals surface area contributed by atoms with Crippen LogP contribution in [0.3, 0.4) is 0 Å². The molecule has 2 heterocycles. The molecule has 1 saturated heterocycles. The van der Waals surface area contributed by atoms with E-state index in [1.165, 1.54) is 26.8 Å². The molecule has 1 aliphatic rings. The molecule has 0 bridgehead atoms. The molecule has 238 valence electrons. The summed E-state index contributed by atoms with van der Waals surface area (Å²) in [6.45, 7) is 6.98. The molecule has 13 heteroatoms. The highest BCUT2D eigenvalue weighted by atomic mass is 16.7. The number of carbonyl (C=O) groups is 4. The molecule has 0 unspecified atom stereocenters. The number of esters is 4. The molecule has 0 saturated carbocycles. The van der Waals surface area contributed by atoms with Crippen LogP contribution in [0, 0.1) is 0 Å². The lowest BCUT2D eigenvalue weighted by Crippen LogP contribution is -2.54. The Labute approximate surface area is 259 Å². The predicted molar refractivity (Wildman–Crippen MR) is 159 cm³/mol. The van der Waals surface area contributed by atoms with Crippen LogP contribution in [0.1, 0.15) is 43.2 Å². The van der Waals surface area contributed by atoms with Gasteiger partial charge in [0.25, 0.3) is 0 Å². The molecule has 3 aromatic rings. The van der Waals surface area contributed by atoms with Crippen LogP contribution in [0.4, 0.5) is 5.69 Å². The minimum absolute atomic E-state index is 0.00189. The Kier molecular flexibility index (Phi) is 10.9. The number of rotatable bonds is 12. The second-order valence-electron chi connectivity index (χ2n) is 10.1. The second-order valence-corrected chi connectivity index (χ2v) is 10.1. The van der Waals surface area contributed by atoms with E-state index in [1.54, 1.807) is 30.3 Å². The third-order valence-electron chi connectivity index (χ3n) is 6.50. The van der Waals surface area contributed by atoms with E-state index in [9.17, 15) is 19.2 Å². The molecule has 13 nitrogen and oxygen atoms in total. The van der Waals surface area contributed by atoms with Crippen LogP contribution in [0.25, 0.3) is 10.9 Å². The fourth-order valence-corrected chi connectivity index (χ4v) is 4.63. The van der Waals surface area contributed by atoms with E-state index < -0.39 is 48.5 Å². The summed E-state index contributed by atoms with van der Waals surface area (Å²) in [6, 6.07) is 13.9. The molecule has 0 amide bonds. The van der Waals surface area contributed by atoms with Gasteiger partial charge in [0, 0.05) is 26.2 Å². The van der Waals surface area contributed by atoms with Gasteiger partial charge in [-0.3, -0.25) is 14.4 Å². The molecule has 2 N–H and O–H groups in total. The topological polar surface area (TPSA) is 172 Å². The number of para-hydroxylation sites is 1. The van der Waals surface area contributed by atoms with E-state index in [0.717, 1.165) is 5.39 Å². The Morgan fingerprint density at radius 3 is 2.42 bits per heavy atom. The van der Waals surface area contributed by atoms with Crippen LogP contribution in [0.5, 0.6) is 11.5 Å². The first-order chi connectivity index (χ1) is 21.5. The number of nitrogens with two attached hydrogens (primary N) is 1. The maximum Gasteiger partial charge on any atom is 0.361 e. The number of anilines is 1. The summed E-state index contributed by atoms with van der Waals surface area (Å²) in [5.41, 5.74) is 7.83. The largest absolute Gasteiger partial charge is 0.486 e. The quantitative estimate of drug-likeness (QED) is 0.134. The van der Waals surface area contributed by atoms with Gasteiger partial charge in [0.15, 0.2) is 17.5 Å². The van der Waals surface area contributed by atoms with Crippen LogP contribution in [0.15, 0.2) is 61.2 Å². The van der Waals surface area contributed by atoms with Crippen molar-refractivity contribution in [2.75, 3.05) is 18.9 Å². The zero-order valence-electron chi connectivity index (χ0n) is 25.1. The molecule has 4 atom stereocenters. The minimum atomic E-state index is -1.04. The standard InChI is InChI=1S/C32H34N2O11/c1-5-12-39-32(38)30-26(14-22-8-6-7-9-24(22)34-30)41-16-21-10-11-25(23(33)13-21)44-29-15-27(42-19(3)36)31(43-20(4)37)28(45-29)17-40-18(2)35/h5-11,13-14,27-29,31H,1,12,15-17,33H2,2-4H3/t27-,28-,29-,31-/m1/s1. The Balaban J connectivity index is 1.50. The molecular formula is C32H34N2O11. The number of pyridine rings is 1. The maximum atomic E-state index is 12.7. The summed E-state index contributed by atoms with van der Waals surface area (Å²) in [4.78, 5) is 52.1. The average Bonchev–Trinajstić information content (AvgIpc) is 2.99. The van der Waals surface area contributed by atoms with Crippen molar-refractivity contribution in [3.8, 4) is 11.5 Å². The summed E-state index contributed by atoms with van der Waals surface area (Å²) >= 11 is 0. The highest BCUT2D eigenvalue weighted by molar-refractivity contribution is 5.94. The number of fused-ring (bicyclic) bond motifs is 1. The Morgan fingerprint density at radius 2 is 1.73 bits per heavy atom. The number of aromatic nitrogens is 1. The van der Waals surface area contributed by atoms with E-state index in [0.29, 0.717) is 11.1 Å². The first-order valence-electron chi connectivity index (χ1n) is 14.0. The van der Waals surface area contributed by atoms with Gasteiger partial charge in [-0.2, -0.15) is 0 Å². The summed E-state index contributed by atoms with van der Waals surface area (Å²) in [5, 5.41) is 0.776. The van der Waals surface area contributed by atoms with Gasteiger partial charge in [0.1, 0.15) is 37.8 Å². The van der Waals surface area contributed by atoms with Gasteiger partial charge in [-0.25, -0.2) is 9.78 Å². The van der Waals surface area contributed by atoms with Gasteiger partial charge in [-0.1, -0.05) is 36.9 Å². The SMILES string of the molecule is C=CCOC(=O)c1nc2ccccc2cc1OCc1ccc(O[C@H]2C[C@@H](OC(C)=O)[C@@H](OC(C)=O)[C@@H](COC(C)=O)O2)c(N)c1. The monoisotopic (exact) mass is 622 g/mol. The van der Waals surface area contributed by atoms with Crippen LogP contribution in [-0.4, -0.2) is 66.7 Å². The van der Waals surface area contributed by atoms with Crippen molar-refractivity contribution in [3.05, 3.63) is 72.4 Å². The van der Waals surface area contributed by atoms with E-state index >= 15 is 0 Å². The Hall–Kier alpha value is -5.17. The lowest BCUT2D eigenvalue weighted by atomic mass is 10.0. The predicted octanol–water partition coefficient (Wildman–Crippen LogP) is 3.66. The van der Waals surface area contributed by atoms with E-state index in [1.807, 2.05) is 18.2 Å². The van der Waals surface area contributed by atoms with E-state index in [-0.39, 0.29) is 49.1 Å². The Morgan fingerprint density at radius 1 is 0.978 bits per heavy atom. The lowest BCUT2D eigenvalue weighted by molar-refractivity contribution is -0.245. The second kappa shape index (κ2) is 15.0. The normalized spacial score (nSPS) is 19.2. The molecule has 1 aromatic heterocycles. The fraction of sp³-hybridized carbons (Fsp3) is 0.344.